The maximum absolute atomic E-state index is 11.9. The zero-order valence-corrected chi connectivity index (χ0v) is 12.8. The Morgan fingerprint density at radius 2 is 1.71 bits per heavy atom. The largest absolute Gasteiger partial charge is 0.465 e. The highest BCUT2D eigenvalue weighted by molar-refractivity contribution is 5.76. The van der Waals surface area contributed by atoms with E-state index >= 15 is 0 Å². The molecule has 0 aliphatic carbocycles. The second-order valence-corrected chi connectivity index (χ2v) is 5.40. The van der Waals surface area contributed by atoms with Gasteiger partial charge in [-0.15, -0.1) is 0 Å². The highest BCUT2D eigenvalue weighted by atomic mass is 16.6. The Kier molecular flexibility index (Phi) is 6.32. The van der Waals surface area contributed by atoms with Gasteiger partial charge in [-0.05, 0) is 18.6 Å². The molecule has 0 radical (unpaired) electrons. The number of ether oxygens (including phenoxy) is 1. The van der Waals surface area contributed by atoms with Crippen molar-refractivity contribution in [2.45, 2.75) is 51.9 Å². The Hall–Kier alpha value is -1.77. The van der Waals surface area contributed by atoms with Crippen LogP contribution in [-0.2, 0) is 0 Å². The van der Waals surface area contributed by atoms with Gasteiger partial charge in [0.1, 0.15) is 5.58 Å². The Labute approximate surface area is 125 Å². The molecule has 0 saturated carbocycles. The second kappa shape index (κ2) is 8.50. The van der Waals surface area contributed by atoms with Crippen molar-refractivity contribution in [3.63, 3.8) is 0 Å². The highest BCUT2D eigenvalue weighted by Gasteiger charge is 2.04. The van der Waals surface area contributed by atoms with Crippen LogP contribution in [0.1, 0.15) is 51.9 Å². The van der Waals surface area contributed by atoms with Crippen LogP contribution >= 0.6 is 0 Å². The zero-order valence-electron chi connectivity index (χ0n) is 12.8. The van der Waals surface area contributed by atoms with Gasteiger partial charge in [-0.2, -0.15) is 0 Å². The molecule has 1 heterocycles. The van der Waals surface area contributed by atoms with Gasteiger partial charge in [0.05, 0.1) is 18.1 Å². The molecular formula is C18H24O3. The minimum absolute atomic E-state index is 0.0496. The molecule has 0 aliphatic rings. The van der Waals surface area contributed by atoms with Crippen molar-refractivity contribution >= 4 is 11.0 Å². The smallest absolute Gasteiger partial charge is 0.288 e. The molecule has 1 aromatic heterocycles. The first kappa shape index (κ1) is 15.6. The van der Waals surface area contributed by atoms with Gasteiger partial charge in [0.25, 0.3) is 5.95 Å². The quantitative estimate of drug-likeness (QED) is 0.615. The van der Waals surface area contributed by atoms with Gasteiger partial charge in [0.15, 0.2) is 5.43 Å². The van der Waals surface area contributed by atoms with Crippen molar-refractivity contribution in [1.82, 2.24) is 0 Å². The first-order chi connectivity index (χ1) is 10.3. The normalized spacial score (nSPS) is 10.9. The molecule has 2 rings (SSSR count). The minimum atomic E-state index is -0.0496. The summed E-state index contributed by atoms with van der Waals surface area (Å²) in [7, 11) is 0. The van der Waals surface area contributed by atoms with Gasteiger partial charge in [-0.3, -0.25) is 4.79 Å². The Morgan fingerprint density at radius 1 is 1.00 bits per heavy atom. The van der Waals surface area contributed by atoms with Crippen LogP contribution in [0.3, 0.4) is 0 Å². The highest BCUT2D eigenvalue weighted by Crippen LogP contribution is 2.17. The topological polar surface area (TPSA) is 39.4 Å². The van der Waals surface area contributed by atoms with Crippen molar-refractivity contribution in [3.05, 3.63) is 40.6 Å². The number of fused-ring (bicyclic) bond motifs is 1. The summed E-state index contributed by atoms with van der Waals surface area (Å²) in [6.07, 6.45) is 8.67. The lowest BCUT2D eigenvalue weighted by molar-refractivity contribution is 0.238. The molecular weight excluding hydrogens is 264 g/mol. The van der Waals surface area contributed by atoms with Gasteiger partial charge in [0.2, 0.25) is 0 Å². The lowest BCUT2D eigenvalue weighted by Crippen LogP contribution is -2.03. The molecule has 21 heavy (non-hydrogen) atoms. The van der Waals surface area contributed by atoms with E-state index in [2.05, 4.69) is 6.92 Å². The van der Waals surface area contributed by atoms with Crippen LogP contribution in [0, 0.1) is 0 Å². The molecule has 3 nitrogen and oxygen atoms in total. The summed E-state index contributed by atoms with van der Waals surface area (Å²) >= 11 is 0. The lowest BCUT2D eigenvalue weighted by atomic mass is 10.1. The van der Waals surface area contributed by atoms with Crippen molar-refractivity contribution in [1.29, 1.82) is 0 Å². The van der Waals surface area contributed by atoms with Crippen molar-refractivity contribution in [2.75, 3.05) is 6.61 Å². The van der Waals surface area contributed by atoms with E-state index in [1.807, 2.05) is 12.1 Å². The Bertz CT molecular complexity index is 601. The van der Waals surface area contributed by atoms with Gasteiger partial charge in [-0.1, -0.05) is 57.6 Å². The van der Waals surface area contributed by atoms with Crippen LogP contribution < -0.4 is 10.2 Å². The predicted octanol–water partition coefficient (Wildman–Crippen LogP) is 4.92. The van der Waals surface area contributed by atoms with Gasteiger partial charge in [0, 0.05) is 0 Å². The van der Waals surface area contributed by atoms with Gasteiger partial charge < -0.3 is 9.15 Å². The first-order valence-corrected chi connectivity index (χ1v) is 7.97. The van der Waals surface area contributed by atoms with Crippen molar-refractivity contribution in [2.24, 2.45) is 0 Å². The number of hydrogen-bond donors (Lipinski definition) is 0. The van der Waals surface area contributed by atoms with Gasteiger partial charge >= 0.3 is 0 Å². The number of benzene rings is 1. The fourth-order valence-electron chi connectivity index (χ4n) is 2.38. The monoisotopic (exact) mass is 288 g/mol. The molecule has 0 spiro atoms. The SMILES string of the molecule is CCCCCCCCCOc1cc(=O)c2ccccc2o1. The summed E-state index contributed by atoms with van der Waals surface area (Å²) < 4.78 is 11.1. The standard InChI is InChI=1S/C18H24O3/c1-2-3-4-5-6-7-10-13-20-18-14-16(19)15-11-8-9-12-17(15)21-18/h8-9,11-12,14H,2-7,10,13H2,1H3. The third-order valence-corrected chi connectivity index (χ3v) is 3.60. The number of unbranched alkanes of at least 4 members (excludes halogenated alkanes) is 6. The molecule has 0 bridgehead atoms. The van der Waals surface area contributed by atoms with Crippen LogP contribution in [-0.4, -0.2) is 6.61 Å². The average molecular weight is 288 g/mol. The van der Waals surface area contributed by atoms with E-state index in [0.717, 1.165) is 6.42 Å². The number of hydrogen-bond acceptors (Lipinski definition) is 3. The van der Waals surface area contributed by atoms with E-state index in [1.165, 1.54) is 44.6 Å². The summed E-state index contributed by atoms with van der Waals surface area (Å²) in [5, 5.41) is 0.598. The fraction of sp³-hybridized carbons (Fsp3) is 0.500. The maximum atomic E-state index is 11.9. The second-order valence-electron chi connectivity index (χ2n) is 5.40. The molecule has 1 aromatic carbocycles. The third-order valence-electron chi connectivity index (χ3n) is 3.60. The van der Waals surface area contributed by atoms with E-state index in [-0.39, 0.29) is 5.43 Å². The fourth-order valence-corrected chi connectivity index (χ4v) is 2.38. The molecule has 0 amide bonds. The van der Waals surface area contributed by atoms with E-state index < -0.39 is 0 Å². The summed E-state index contributed by atoms with van der Waals surface area (Å²) in [5.41, 5.74) is 0.533. The molecule has 0 atom stereocenters. The van der Waals surface area contributed by atoms with Crippen LogP contribution in [0.15, 0.2) is 39.5 Å². The molecule has 3 heteroatoms. The molecule has 114 valence electrons. The average Bonchev–Trinajstić information content (AvgIpc) is 2.50. The van der Waals surface area contributed by atoms with Crippen LogP contribution in [0.2, 0.25) is 0 Å². The van der Waals surface area contributed by atoms with E-state index in [9.17, 15) is 4.79 Å². The maximum Gasteiger partial charge on any atom is 0.288 e. The molecule has 0 aliphatic heterocycles. The summed E-state index contributed by atoms with van der Waals surface area (Å²) in [4.78, 5) is 11.9. The van der Waals surface area contributed by atoms with Crippen LogP contribution in [0.25, 0.3) is 11.0 Å². The van der Waals surface area contributed by atoms with Crippen molar-refractivity contribution in [3.8, 4) is 5.95 Å². The third kappa shape index (κ3) is 4.92. The number of para-hydroxylation sites is 1. The Morgan fingerprint density at radius 3 is 2.52 bits per heavy atom. The van der Waals surface area contributed by atoms with E-state index in [4.69, 9.17) is 9.15 Å². The molecule has 0 N–H and O–H groups in total. The zero-order chi connectivity index (χ0) is 14.9. The molecule has 2 aromatic rings. The summed E-state index contributed by atoms with van der Waals surface area (Å²) in [6, 6.07) is 8.67. The molecule has 0 unspecified atom stereocenters. The Balaban J connectivity index is 1.75. The van der Waals surface area contributed by atoms with E-state index in [0.29, 0.717) is 23.5 Å². The minimum Gasteiger partial charge on any atom is -0.465 e. The van der Waals surface area contributed by atoms with Crippen LogP contribution in [0.5, 0.6) is 5.95 Å². The van der Waals surface area contributed by atoms with Crippen LogP contribution in [0.4, 0.5) is 0 Å². The molecule has 0 saturated heterocycles. The lowest BCUT2D eigenvalue weighted by Gasteiger charge is -2.06. The molecule has 0 fully saturated rings. The first-order valence-electron chi connectivity index (χ1n) is 7.97. The summed E-state index contributed by atoms with van der Waals surface area (Å²) in [6.45, 7) is 2.83. The summed E-state index contributed by atoms with van der Waals surface area (Å²) in [5.74, 6) is 0.324. The van der Waals surface area contributed by atoms with E-state index in [1.54, 1.807) is 12.1 Å². The number of rotatable bonds is 9. The van der Waals surface area contributed by atoms with Crippen molar-refractivity contribution < 1.29 is 9.15 Å². The van der Waals surface area contributed by atoms with Gasteiger partial charge in [-0.25, -0.2) is 0 Å². The predicted molar refractivity (Wildman–Crippen MR) is 86.0 cm³/mol.